The zero-order chi connectivity index (χ0) is 10.1. The molecule has 14 heavy (non-hydrogen) atoms. The molecule has 1 aliphatic rings. The lowest BCUT2D eigenvalue weighted by atomic mass is 10.1. The van der Waals surface area contributed by atoms with Gasteiger partial charge in [0.15, 0.2) is 12.4 Å². The van der Waals surface area contributed by atoms with Gasteiger partial charge >= 0.3 is 0 Å². The first kappa shape index (κ1) is 8.74. The average Bonchev–Trinajstić information content (AvgIpc) is 2.16. The highest BCUT2D eigenvalue weighted by Crippen LogP contribution is 2.28. The maximum Gasteiger partial charge on any atom is 0.262 e. The molecule has 4 nitrogen and oxygen atoms in total. The number of amides is 1. The Bertz CT molecular complexity index is 412. The molecule has 1 aromatic carbocycles. The number of fused-ring (bicyclic) bond motifs is 1. The number of carbonyl (C=O) groups is 2. The zero-order valence-electron chi connectivity index (χ0n) is 7.66. The van der Waals surface area contributed by atoms with E-state index in [1.165, 1.54) is 6.92 Å². The first-order valence-corrected chi connectivity index (χ1v) is 4.24. The van der Waals surface area contributed by atoms with Crippen LogP contribution in [0.15, 0.2) is 18.2 Å². The third-order valence-electron chi connectivity index (χ3n) is 2.02. The first-order valence-electron chi connectivity index (χ1n) is 4.24. The van der Waals surface area contributed by atoms with Gasteiger partial charge < -0.3 is 10.1 Å². The van der Waals surface area contributed by atoms with Crippen LogP contribution in [0.2, 0.25) is 0 Å². The highest BCUT2D eigenvalue weighted by molar-refractivity contribution is 5.99. The maximum absolute atomic E-state index is 11.1. The van der Waals surface area contributed by atoms with Crippen molar-refractivity contribution in [2.75, 3.05) is 11.9 Å². The molecule has 1 N–H and O–H groups in total. The molecule has 1 aliphatic heterocycles. The molecule has 2 rings (SSSR count). The molecule has 0 aromatic heterocycles. The molecule has 0 fully saturated rings. The summed E-state index contributed by atoms with van der Waals surface area (Å²) < 4.78 is 5.15. The lowest BCUT2D eigenvalue weighted by Crippen LogP contribution is -2.25. The van der Waals surface area contributed by atoms with Gasteiger partial charge in [-0.25, -0.2) is 0 Å². The summed E-state index contributed by atoms with van der Waals surface area (Å²) in [6, 6.07) is 4.98. The van der Waals surface area contributed by atoms with Crippen LogP contribution in [0.4, 0.5) is 5.69 Å². The highest BCUT2D eigenvalue weighted by Gasteiger charge is 2.16. The predicted octanol–water partition coefficient (Wildman–Crippen LogP) is 1.22. The normalized spacial score (nSPS) is 13.9. The summed E-state index contributed by atoms with van der Waals surface area (Å²) in [6.07, 6.45) is 0. The molecule has 1 aromatic rings. The Morgan fingerprint density at radius 2 is 2.29 bits per heavy atom. The second-order valence-corrected chi connectivity index (χ2v) is 3.10. The molecule has 0 atom stereocenters. The Balaban J connectivity index is 2.42. The van der Waals surface area contributed by atoms with Crippen LogP contribution in [0, 0.1) is 0 Å². The Hall–Kier alpha value is -1.84. The monoisotopic (exact) mass is 191 g/mol. The van der Waals surface area contributed by atoms with E-state index >= 15 is 0 Å². The van der Waals surface area contributed by atoms with Gasteiger partial charge in [-0.05, 0) is 25.1 Å². The maximum atomic E-state index is 11.1. The van der Waals surface area contributed by atoms with Gasteiger partial charge in [0, 0.05) is 5.56 Å². The van der Waals surface area contributed by atoms with E-state index in [4.69, 9.17) is 4.74 Å². The Labute approximate surface area is 80.9 Å². The standard InChI is InChI=1S/C10H9NO3/c1-6(12)7-2-3-9-8(4-7)11-10(13)5-14-9/h2-4H,5H2,1H3,(H,11,13). The molecule has 4 heteroatoms. The summed E-state index contributed by atoms with van der Waals surface area (Å²) in [4.78, 5) is 22.0. The van der Waals surface area contributed by atoms with E-state index in [1.807, 2.05) is 0 Å². The van der Waals surface area contributed by atoms with Crippen molar-refractivity contribution >= 4 is 17.4 Å². The van der Waals surface area contributed by atoms with Crippen molar-refractivity contribution in [2.45, 2.75) is 6.92 Å². The van der Waals surface area contributed by atoms with Gasteiger partial charge in [0.1, 0.15) is 5.75 Å². The van der Waals surface area contributed by atoms with E-state index in [-0.39, 0.29) is 18.3 Å². The topological polar surface area (TPSA) is 55.4 Å². The predicted molar refractivity (Wildman–Crippen MR) is 50.6 cm³/mol. The number of ketones is 1. The quantitative estimate of drug-likeness (QED) is 0.679. The fourth-order valence-electron chi connectivity index (χ4n) is 1.30. The van der Waals surface area contributed by atoms with Crippen LogP contribution in [0.3, 0.4) is 0 Å². The van der Waals surface area contributed by atoms with Gasteiger partial charge in [-0.1, -0.05) is 0 Å². The fourth-order valence-corrected chi connectivity index (χ4v) is 1.30. The third-order valence-corrected chi connectivity index (χ3v) is 2.02. The van der Waals surface area contributed by atoms with Crippen LogP contribution in [0.1, 0.15) is 17.3 Å². The molecule has 0 saturated carbocycles. The number of Topliss-reactive ketones (excluding diaryl/α,β-unsaturated/α-hetero) is 1. The fraction of sp³-hybridized carbons (Fsp3) is 0.200. The van der Waals surface area contributed by atoms with Gasteiger partial charge in [-0.3, -0.25) is 9.59 Å². The largest absolute Gasteiger partial charge is 0.482 e. The van der Waals surface area contributed by atoms with Crippen molar-refractivity contribution in [3.8, 4) is 5.75 Å². The number of rotatable bonds is 1. The molecule has 0 aliphatic carbocycles. The number of nitrogens with one attached hydrogen (secondary N) is 1. The Kier molecular flexibility index (Phi) is 1.96. The van der Waals surface area contributed by atoms with E-state index in [1.54, 1.807) is 18.2 Å². The molecule has 1 amide bonds. The zero-order valence-corrected chi connectivity index (χ0v) is 7.66. The first-order chi connectivity index (χ1) is 6.66. The molecular formula is C10H9NO3. The minimum absolute atomic E-state index is 0.0341. The van der Waals surface area contributed by atoms with E-state index in [0.717, 1.165) is 0 Å². The Morgan fingerprint density at radius 3 is 3.00 bits per heavy atom. The van der Waals surface area contributed by atoms with Gasteiger partial charge in [0.25, 0.3) is 5.91 Å². The van der Waals surface area contributed by atoms with Gasteiger partial charge in [-0.2, -0.15) is 0 Å². The molecule has 72 valence electrons. The summed E-state index contributed by atoms with van der Waals surface area (Å²) in [6.45, 7) is 1.51. The van der Waals surface area contributed by atoms with Crippen molar-refractivity contribution in [1.29, 1.82) is 0 Å². The molecular weight excluding hydrogens is 182 g/mol. The molecule has 0 spiro atoms. The molecule has 0 saturated heterocycles. The van der Waals surface area contributed by atoms with E-state index < -0.39 is 0 Å². The van der Waals surface area contributed by atoms with E-state index in [2.05, 4.69) is 5.32 Å². The summed E-state index contributed by atoms with van der Waals surface area (Å²) >= 11 is 0. The number of hydrogen-bond acceptors (Lipinski definition) is 3. The third kappa shape index (κ3) is 1.46. The van der Waals surface area contributed by atoms with Crippen molar-refractivity contribution in [3.05, 3.63) is 23.8 Å². The van der Waals surface area contributed by atoms with Gasteiger partial charge in [-0.15, -0.1) is 0 Å². The minimum atomic E-state index is -0.196. The van der Waals surface area contributed by atoms with Crippen LogP contribution < -0.4 is 10.1 Å². The number of anilines is 1. The molecule has 0 radical (unpaired) electrons. The smallest absolute Gasteiger partial charge is 0.262 e. The lowest BCUT2D eigenvalue weighted by molar-refractivity contribution is -0.118. The van der Waals surface area contributed by atoms with Crippen LogP contribution >= 0.6 is 0 Å². The molecule has 0 unspecified atom stereocenters. The van der Waals surface area contributed by atoms with Crippen LogP contribution in [0.25, 0.3) is 0 Å². The lowest BCUT2D eigenvalue weighted by Gasteiger charge is -2.17. The molecule has 1 heterocycles. The number of benzene rings is 1. The van der Waals surface area contributed by atoms with E-state index in [0.29, 0.717) is 17.0 Å². The average molecular weight is 191 g/mol. The van der Waals surface area contributed by atoms with Crippen LogP contribution in [-0.4, -0.2) is 18.3 Å². The van der Waals surface area contributed by atoms with Gasteiger partial charge in [0.2, 0.25) is 0 Å². The highest BCUT2D eigenvalue weighted by atomic mass is 16.5. The van der Waals surface area contributed by atoms with Crippen molar-refractivity contribution < 1.29 is 14.3 Å². The van der Waals surface area contributed by atoms with Crippen molar-refractivity contribution in [2.24, 2.45) is 0 Å². The molecule has 0 bridgehead atoms. The summed E-state index contributed by atoms with van der Waals surface area (Å²) in [5.41, 5.74) is 1.13. The number of carbonyl (C=O) groups excluding carboxylic acids is 2. The van der Waals surface area contributed by atoms with Crippen molar-refractivity contribution in [1.82, 2.24) is 0 Å². The number of hydrogen-bond donors (Lipinski definition) is 1. The van der Waals surface area contributed by atoms with Crippen LogP contribution in [-0.2, 0) is 4.79 Å². The second kappa shape index (κ2) is 3.14. The summed E-state index contributed by atoms with van der Waals surface area (Å²) in [7, 11) is 0. The summed E-state index contributed by atoms with van der Waals surface area (Å²) in [5.74, 6) is 0.375. The van der Waals surface area contributed by atoms with E-state index in [9.17, 15) is 9.59 Å². The second-order valence-electron chi connectivity index (χ2n) is 3.10. The minimum Gasteiger partial charge on any atom is -0.482 e. The Morgan fingerprint density at radius 1 is 1.50 bits per heavy atom. The van der Waals surface area contributed by atoms with Crippen molar-refractivity contribution in [3.63, 3.8) is 0 Å². The van der Waals surface area contributed by atoms with Crippen LogP contribution in [0.5, 0.6) is 5.75 Å². The number of ether oxygens (including phenoxy) is 1. The summed E-state index contributed by atoms with van der Waals surface area (Å²) in [5, 5.41) is 2.64. The van der Waals surface area contributed by atoms with Gasteiger partial charge in [0.05, 0.1) is 5.69 Å². The SMILES string of the molecule is CC(=O)c1ccc2c(c1)NC(=O)CO2.